The Bertz CT molecular complexity index is 604. The molecule has 0 aliphatic carbocycles. The SMILES string of the molecule is CCNc1nc(C)cc(Nc2cc(OC)ccc2F)n1. The van der Waals surface area contributed by atoms with E-state index < -0.39 is 0 Å². The topological polar surface area (TPSA) is 59.1 Å². The Labute approximate surface area is 117 Å². The van der Waals surface area contributed by atoms with Gasteiger partial charge >= 0.3 is 0 Å². The summed E-state index contributed by atoms with van der Waals surface area (Å²) < 4.78 is 18.8. The first-order chi connectivity index (χ1) is 9.62. The van der Waals surface area contributed by atoms with E-state index in [-0.39, 0.29) is 5.82 Å². The van der Waals surface area contributed by atoms with E-state index in [0.717, 1.165) is 12.2 Å². The Morgan fingerprint density at radius 2 is 2.05 bits per heavy atom. The van der Waals surface area contributed by atoms with Crippen LogP contribution in [0.1, 0.15) is 12.6 Å². The minimum absolute atomic E-state index is 0.310. The summed E-state index contributed by atoms with van der Waals surface area (Å²) >= 11 is 0. The summed E-state index contributed by atoms with van der Waals surface area (Å²) in [6.07, 6.45) is 0. The number of aromatic nitrogens is 2. The molecule has 1 aromatic heterocycles. The van der Waals surface area contributed by atoms with Crippen molar-refractivity contribution in [1.82, 2.24) is 9.97 Å². The molecule has 2 N–H and O–H groups in total. The van der Waals surface area contributed by atoms with Gasteiger partial charge in [0.2, 0.25) is 5.95 Å². The van der Waals surface area contributed by atoms with E-state index in [0.29, 0.717) is 23.2 Å². The number of benzene rings is 1. The van der Waals surface area contributed by atoms with Crippen molar-refractivity contribution >= 4 is 17.5 Å². The molecule has 1 aromatic carbocycles. The zero-order chi connectivity index (χ0) is 14.5. The summed E-state index contributed by atoms with van der Waals surface area (Å²) in [5.74, 6) is 1.25. The summed E-state index contributed by atoms with van der Waals surface area (Å²) in [5, 5.41) is 5.97. The number of nitrogens with zero attached hydrogens (tertiary/aromatic N) is 2. The van der Waals surface area contributed by atoms with Crippen LogP contribution in [0.4, 0.5) is 21.8 Å². The van der Waals surface area contributed by atoms with E-state index in [2.05, 4.69) is 20.6 Å². The van der Waals surface area contributed by atoms with Crippen LogP contribution in [0.2, 0.25) is 0 Å². The highest BCUT2D eigenvalue weighted by molar-refractivity contribution is 5.60. The van der Waals surface area contributed by atoms with Gasteiger partial charge in [0.05, 0.1) is 12.8 Å². The zero-order valence-electron chi connectivity index (χ0n) is 11.7. The maximum absolute atomic E-state index is 13.8. The van der Waals surface area contributed by atoms with Gasteiger partial charge in [0.25, 0.3) is 0 Å². The third-order valence-electron chi connectivity index (χ3n) is 2.63. The number of methoxy groups -OCH3 is 1. The molecule has 0 aliphatic rings. The van der Waals surface area contributed by atoms with Crippen LogP contribution in [0.15, 0.2) is 24.3 Å². The highest BCUT2D eigenvalue weighted by Gasteiger charge is 2.07. The molecule has 0 aliphatic heterocycles. The highest BCUT2D eigenvalue weighted by atomic mass is 19.1. The Morgan fingerprint density at radius 1 is 1.25 bits per heavy atom. The molecular weight excluding hydrogens is 259 g/mol. The number of nitrogens with one attached hydrogen (secondary N) is 2. The Kier molecular flexibility index (Phi) is 4.34. The molecular formula is C14H17FN4O. The second-order valence-electron chi connectivity index (χ2n) is 4.22. The van der Waals surface area contributed by atoms with Gasteiger partial charge in [0, 0.05) is 24.4 Å². The summed E-state index contributed by atoms with van der Waals surface area (Å²) in [6.45, 7) is 4.53. The lowest BCUT2D eigenvalue weighted by molar-refractivity contribution is 0.414. The first-order valence-corrected chi connectivity index (χ1v) is 6.32. The molecule has 0 spiro atoms. The molecule has 0 unspecified atom stereocenters. The van der Waals surface area contributed by atoms with Gasteiger partial charge < -0.3 is 15.4 Å². The molecule has 5 nitrogen and oxygen atoms in total. The van der Waals surface area contributed by atoms with Crippen LogP contribution in [0.3, 0.4) is 0 Å². The molecule has 106 valence electrons. The molecule has 1 heterocycles. The van der Waals surface area contributed by atoms with Crippen molar-refractivity contribution in [1.29, 1.82) is 0 Å². The molecule has 0 fully saturated rings. The van der Waals surface area contributed by atoms with Crippen LogP contribution in [0.5, 0.6) is 5.75 Å². The molecule has 0 radical (unpaired) electrons. The van der Waals surface area contributed by atoms with Gasteiger partial charge in [-0.15, -0.1) is 0 Å². The largest absolute Gasteiger partial charge is 0.497 e. The summed E-state index contributed by atoms with van der Waals surface area (Å²) in [5.41, 5.74) is 1.10. The highest BCUT2D eigenvalue weighted by Crippen LogP contribution is 2.24. The predicted octanol–water partition coefficient (Wildman–Crippen LogP) is 3.11. The van der Waals surface area contributed by atoms with E-state index in [1.165, 1.54) is 13.2 Å². The van der Waals surface area contributed by atoms with Crippen molar-refractivity contribution in [2.45, 2.75) is 13.8 Å². The molecule has 2 aromatic rings. The average Bonchev–Trinajstić information content (AvgIpc) is 2.41. The Balaban J connectivity index is 2.29. The van der Waals surface area contributed by atoms with Crippen molar-refractivity contribution in [2.24, 2.45) is 0 Å². The lowest BCUT2D eigenvalue weighted by Crippen LogP contribution is -2.05. The second kappa shape index (κ2) is 6.18. The van der Waals surface area contributed by atoms with E-state index in [9.17, 15) is 4.39 Å². The number of halogens is 1. The number of ether oxygens (including phenoxy) is 1. The first kappa shape index (κ1) is 14.0. The van der Waals surface area contributed by atoms with Gasteiger partial charge in [-0.05, 0) is 26.0 Å². The average molecular weight is 276 g/mol. The molecule has 2 rings (SSSR count). The van der Waals surface area contributed by atoms with Gasteiger partial charge in [0.15, 0.2) is 0 Å². The first-order valence-electron chi connectivity index (χ1n) is 6.32. The van der Waals surface area contributed by atoms with E-state index >= 15 is 0 Å². The van der Waals surface area contributed by atoms with Gasteiger partial charge in [-0.1, -0.05) is 0 Å². The van der Waals surface area contributed by atoms with E-state index in [1.807, 2.05) is 13.8 Å². The number of hydrogen-bond acceptors (Lipinski definition) is 5. The lowest BCUT2D eigenvalue weighted by Gasteiger charge is -2.10. The van der Waals surface area contributed by atoms with Crippen LogP contribution in [0, 0.1) is 12.7 Å². The smallest absolute Gasteiger partial charge is 0.224 e. The Hall–Kier alpha value is -2.37. The summed E-state index contributed by atoms with van der Waals surface area (Å²) in [6, 6.07) is 6.25. The van der Waals surface area contributed by atoms with E-state index in [1.54, 1.807) is 18.2 Å². The molecule has 0 atom stereocenters. The van der Waals surface area contributed by atoms with E-state index in [4.69, 9.17) is 4.74 Å². The van der Waals surface area contributed by atoms with Crippen LogP contribution in [-0.4, -0.2) is 23.6 Å². The number of hydrogen-bond donors (Lipinski definition) is 2. The predicted molar refractivity (Wildman–Crippen MR) is 77.2 cm³/mol. The van der Waals surface area contributed by atoms with Crippen LogP contribution in [0.25, 0.3) is 0 Å². The lowest BCUT2D eigenvalue weighted by atomic mass is 10.3. The third-order valence-corrected chi connectivity index (χ3v) is 2.63. The monoisotopic (exact) mass is 276 g/mol. The number of rotatable bonds is 5. The Morgan fingerprint density at radius 3 is 2.75 bits per heavy atom. The van der Waals surface area contributed by atoms with Crippen molar-refractivity contribution in [3.8, 4) is 5.75 Å². The summed E-state index contributed by atoms with van der Waals surface area (Å²) in [4.78, 5) is 8.52. The fraction of sp³-hybridized carbons (Fsp3) is 0.286. The van der Waals surface area contributed by atoms with Crippen LogP contribution >= 0.6 is 0 Å². The minimum atomic E-state index is -0.368. The number of aryl methyl sites for hydroxylation is 1. The molecule has 0 saturated carbocycles. The van der Waals surface area contributed by atoms with Gasteiger partial charge in [0.1, 0.15) is 17.4 Å². The normalized spacial score (nSPS) is 10.2. The zero-order valence-corrected chi connectivity index (χ0v) is 11.7. The van der Waals surface area contributed by atoms with Gasteiger partial charge in [-0.25, -0.2) is 9.37 Å². The van der Waals surface area contributed by atoms with Crippen molar-refractivity contribution in [3.05, 3.63) is 35.8 Å². The molecule has 20 heavy (non-hydrogen) atoms. The fourth-order valence-electron chi connectivity index (χ4n) is 1.73. The maximum atomic E-state index is 13.8. The van der Waals surface area contributed by atoms with Gasteiger partial charge in [-0.2, -0.15) is 4.98 Å². The fourth-order valence-corrected chi connectivity index (χ4v) is 1.73. The van der Waals surface area contributed by atoms with Crippen LogP contribution < -0.4 is 15.4 Å². The minimum Gasteiger partial charge on any atom is -0.497 e. The van der Waals surface area contributed by atoms with Crippen molar-refractivity contribution in [3.63, 3.8) is 0 Å². The number of anilines is 3. The van der Waals surface area contributed by atoms with Crippen molar-refractivity contribution in [2.75, 3.05) is 24.3 Å². The quantitative estimate of drug-likeness (QED) is 0.878. The van der Waals surface area contributed by atoms with Crippen LogP contribution in [-0.2, 0) is 0 Å². The third kappa shape index (κ3) is 3.34. The standard InChI is InChI=1S/C14H17FN4O/c1-4-16-14-17-9(2)7-13(19-14)18-12-8-10(20-3)5-6-11(12)15/h5-8H,4H2,1-3H3,(H2,16,17,18,19). The van der Waals surface area contributed by atoms with Gasteiger partial charge in [-0.3, -0.25) is 0 Å². The molecule has 6 heteroatoms. The molecule has 0 saturated heterocycles. The summed E-state index contributed by atoms with van der Waals surface area (Å²) in [7, 11) is 1.54. The second-order valence-corrected chi connectivity index (χ2v) is 4.22. The molecule has 0 bridgehead atoms. The van der Waals surface area contributed by atoms with Crippen molar-refractivity contribution < 1.29 is 9.13 Å². The maximum Gasteiger partial charge on any atom is 0.224 e. The molecule has 0 amide bonds.